The lowest BCUT2D eigenvalue weighted by atomic mass is 9.81. The summed E-state index contributed by atoms with van der Waals surface area (Å²) in [7, 11) is 0. The van der Waals surface area contributed by atoms with Gasteiger partial charge in [-0.2, -0.15) is 0 Å². The molecular weight excluding hydrogens is 524 g/mol. The van der Waals surface area contributed by atoms with E-state index >= 15 is 0 Å². The Morgan fingerprint density at radius 2 is 2.07 bits per heavy atom. The van der Waals surface area contributed by atoms with Gasteiger partial charge in [0.15, 0.2) is 0 Å². The van der Waals surface area contributed by atoms with Gasteiger partial charge in [0, 0.05) is 23.8 Å². The molecule has 8 heteroatoms. The number of unbranched alkanes of at least 4 members (excludes halogenated alkanes) is 2. The highest BCUT2D eigenvalue weighted by Crippen LogP contribution is 2.46. The van der Waals surface area contributed by atoms with Gasteiger partial charge in [0.05, 0.1) is 13.7 Å². The van der Waals surface area contributed by atoms with Crippen LogP contribution < -0.4 is 0 Å². The van der Waals surface area contributed by atoms with Gasteiger partial charge in [-0.25, -0.2) is 4.79 Å². The molecule has 0 aromatic carbocycles. The number of carbonyl (C=O) groups is 1. The highest BCUT2D eigenvalue weighted by atomic mass is 79.9. The molecule has 1 aromatic heterocycles. The van der Waals surface area contributed by atoms with Crippen molar-refractivity contribution in [3.8, 4) is 0 Å². The van der Waals surface area contributed by atoms with E-state index in [1.54, 1.807) is 12.2 Å². The van der Waals surface area contributed by atoms with Crippen molar-refractivity contribution in [1.29, 1.82) is 0 Å². The summed E-state index contributed by atoms with van der Waals surface area (Å²) in [4.78, 5) is 11.9. The Morgan fingerprint density at radius 3 is 2.59 bits per heavy atom. The smallest absolute Gasteiger partial charge is 0.331 e. The SMILES string of the molecule is CCCCC=C(C(=O)O)C1C[C@H](O)C[C@@]1(O)/C(O)=C\[C@@H](CC)c1cc(Br)sc1Br. The number of carboxylic acid groups (broad SMARTS) is 1. The number of hydrogen-bond donors (Lipinski definition) is 4. The predicted molar refractivity (Wildman–Crippen MR) is 122 cm³/mol. The van der Waals surface area contributed by atoms with Crippen LogP contribution in [0.3, 0.4) is 0 Å². The molecule has 4 N–H and O–H groups in total. The maximum Gasteiger partial charge on any atom is 0.331 e. The standard InChI is InChI=1S/C21H28Br2O5S/c1-3-5-6-7-14(20(26)27)16-9-13(24)11-21(16,28)17(25)8-12(4-2)15-10-18(22)29-19(15)23/h7-8,10,12-13,16,24-25,28H,3-6,9,11H2,1-2H3,(H,26,27)/b14-7?,17-8+/t12-,13+,16?,21+/m1/s1. The van der Waals surface area contributed by atoms with Crippen LogP contribution in [0.2, 0.25) is 0 Å². The van der Waals surface area contributed by atoms with E-state index in [4.69, 9.17) is 0 Å². The Balaban J connectivity index is 2.41. The number of rotatable bonds is 9. The molecule has 1 aromatic rings. The molecule has 0 saturated heterocycles. The number of halogens is 2. The monoisotopic (exact) mass is 550 g/mol. The second-order valence-electron chi connectivity index (χ2n) is 7.52. The van der Waals surface area contributed by atoms with Crippen molar-refractivity contribution in [2.75, 3.05) is 0 Å². The summed E-state index contributed by atoms with van der Waals surface area (Å²) in [6.45, 7) is 4.00. The van der Waals surface area contributed by atoms with Gasteiger partial charge >= 0.3 is 5.97 Å². The van der Waals surface area contributed by atoms with E-state index in [1.807, 2.05) is 19.9 Å². The second-order valence-corrected chi connectivity index (χ2v) is 11.3. The lowest BCUT2D eigenvalue weighted by Crippen LogP contribution is -2.38. The number of aliphatic hydroxyl groups excluding tert-OH is 2. The molecule has 5 nitrogen and oxygen atoms in total. The largest absolute Gasteiger partial charge is 0.510 e. The van der Waals surface area contributed by atoms with Crippen LogP contribution in [-0.2, 0) is 4.79 Å². The Labute approximate surface area is 192 Å². The van der Waals surface area contributed by atoms with Crippen LogP contribution in [0.1, 0.15) is 63.9 Å². The van der Waals surface area contributed by atoms with Crippen molar-refractivity contribution in [1.82, 2.24) is 0 Å². The summed E-state index contributed by atoms with van der Waals surface area (Å²) in [6.07, 6.45) is 5.38. The van der Waals surface area contributed by atoms with Crippen molar-refractivity contribution in [2.24, 2.45) is 5.92 Å². The first-order valence-corrected chi connectivity index (χ1v) is 12.2. The lowest BCUT2D eigenvalue weighted by Gasteiger charge is -2.30. The van der Waals surface area contributed by atoms with Crippen LogP contribution in [0, 0.1) is 5.92 Å². The lowest BCUT2D eigenvalue weighted by molar-refractivity contribution is -0.134. The van der Waals surface area contributed by atoms with Gasteiger partial charge in [-0.05, 0) is 68.8 Å². The molecule has 1 heterocycles. The molecule has 4 atom stereocenters. The van der Waals surface area contributed by atoms with Crippen molar-refractivity contribution < 1.29 is 25.2 Å². The molecule has 1 aliphatic rings. The van der Waals surface area contributed by atoms with Crippen molar-refractivity contribution in [3.05, 3.63) is 42.7 Å². The molecule has 1 unspecified atom stereocenters. The zero-order valence-corrected chi connectivity index (χ0v) is 20.6. The molecule has 2 rings (SSSR count). The van der Waals surface area contributed by atoms with E-state index in [1.165, 1.54) is 11.3 Å². The second kappa shape index (κ2) is 10.6. The Hall–Kier alpha value is -0.670. The Kier molecular flexibility index (Phi) is 8.97. The van der Waals surface area contributed by atoms with Gasteiger partial charge in [0.1, 0.15) is 11.4 Å². The quantitative estimate of drug-likeness (QED) is 0.174. The fourth-order valence-corrected chi connectivity index (χ4v) is 6.93. The van der Waals surface area contributed by atoms with Crippen molar-refractivity contribution in [2.45, 2.75) is 70.0 Å². The summed E-state index contributed by atoms with van der Waals surface area (Å²) >= 11 is 8.51. The van der Waals surface area contributed by atoms with Crippen LogP contribution in [-0.4, -0.2) is 38.1 Å². The normalized spacial score (nSPS) is 26.7. The predicted octanol–water partition coefficient (Wildman–Crippen LogP) is 5.91. The van der Waals surface area contributed by atoms with E-state index < -0.39 is 23.6 Å². The van der Waals surface area contributed by atoms with Gasteiger partial charge < -0.3 is 20.4 Å². The van der Waals surface area contributed by atoms with E-state index in [2.05, 4.69) is 31.9 Å². The van der Waals surface area contributed by atoms with Gasteiger partial charge in [-0.15, -0.1) is 11.3 Å². The van der Waals surface area contributed by atoms with E-state index in [-0.39, 0.29) is 30.1 Å². The maximum atomic E-state index is 11.9. The first-order chi connectivity index (χ1) is 13.6. The molecule has 0 spiro atoms. The van der Waals surface area contributed by atoms with Crippen LogP contribution in [0.5, 0.6) is 0 Å². The van der Waals surface area contributed by atoms with Gasteiger partial charge in [-0.1, -0.05) is 32.8 Å². The first kappa shape index (κ1) is 24.6. The Bertz CT molecular complexity index is 788. The number of thiophene rings is 1. The highest BCUT2D eigenvalue weighted by molar-refractivity contribution is 9.12. The van der Waals surface area contributed by atoms with E-state index in [0.717, 1.165) is 26.0 Å². The number of hydrogen-bond acceptors (Lipinski definition) is 5. The Morgan fingerprint density at radius 1 is 1.38 bits per heavy atom. The van der Waals surface area contributed by atoms with Crippen molar-refractivity contribution >= 4 is 49.2 Å². The molecule has 0 amide bonds. The maximum absolute atomic E-state index is 11.9. The summed E-state index contributed by atoms with van der Waals surface area (Å²) in [5.74, 6) is -2.42. The van der Waals surface area contributed by atoms with Gasteiger partial charge in [0.2, 0.25) is 0 Å². The molecule has 29 heavy (non-hydrogen) atoms. The number of carboxylic acids is 1. The molecule has 1 saturated carbocycles. The minimum absolute atomic E-state index is 0.0601. The van der Waals surface area contributed by atoms with E-state index in [0.29, 0.717) is 12.8 Å². The molecule has 0 aliphatic heterocycles. The number of aliphatic carboxylic acids is 1. The average molecular weight is 552 g/mol. The number of allylic oxidation sites excluding steroid dienone is 2. The first-order valence-electron chi connectivity index (χ1n) is 9.83. The topological polar surface area (TPSA) is 98.0 Å². The highest BCUT2D eigenvalue weighted by Gasteiger charge is 2.51. The minimum Gasteiger partial charge on any atom is -0.510 e. The molecule has 0 bridgehead atoms. The van der Waals surface area contributed by atoms with Gasteiger partial charge in [-0.3, -0.25) is 0 Å². The summed E-state index contributed by atoms with van der Waals surface area (Å²) in [5.41, 5.74) is -0.764. The molecule has 162 valence electrons. The minimum atomic E-state index is -1.80. The fraction of sp³-hybridized carbons (Fsp3) is 0.571. The summed E-state index contributed by atoms with van der Waals surface area (Å²) in [6, 6.07) is 1.96. The molecule has 1 aliphatic carbocycles. The van der Waals surface area contributed by atoms with Crippen LogP contribution in [0.4, 0.5) is 0 Å². The zero-order chi connectivity index (χ0) is 21.8. The number of aliphatic hydroxyl groups is 3. The van der Waals surface area contributed by atoms with E-state index in [9.17, 15) is 25.2 Å². The third-order valence-corrected chi connectivity index (χ3v) is 7.89. The third-order valence-electron chi connectivity index (χ3n) is 5.50. The summed E-state index contributed by atoms with van der Waals surface area (Å²) < 4.78 is 1.88. The average Bonchev–Trinajstić information content (AvgIpc) is 3.14. The molecule has 0 radical (unpaired) electrons. The third kappa shape index (κ3) is 5.73. The molecule has 1 fully saturated rings. The van der Waals surface area contributed by atoms with Crippen LogP contribution in [0.25, 0.3) is 0 Å². The molecular formula is C21H28Br2O5S. The van der Waals surface area contributed by atoms with Crippen LogP contribution >= 0.6 is 43.2 Å². The van der Waals surface area contributed by atoms with Crippen molar-refractivity contribution in [3.63, 3.8) is 0 Å². The van der Waals surface area contributed by atoms with Crippen LogP contribution in [0.15, 0.2) is 37.1 Å². The zero-order valence-electron chi connectivity index (χ0n) is 16.6. The summed E-state index contributed by atoms with van der Waals surface area (Å²) in [5, 5.41) is 42.2. The fourth-order valence-electron chi connectivity index (χ4n) is 3.93. The van der Waals surface area contributed by atoms with Gasteiger partial charge in [0.25, 0.3) is 0 Å².